The number of nitrogens with one attached hydrogen (secondary N) is 1. The normalized spacial score (nSPS) is 11.6. The molecule has 30 heavy (non-hydrogen) atoms. The highest BCUT2D eigenvalue weighted by Gasteiger charge is 2.22. The molecule has 0 fully saturated rings. The van der Waals surface area contributed by atoms with Crippen LogP contribution in [0.1, 0.15) is 50.2 Å². The number of rotatable bonds is 5. The molecule has 3 aromatic rings. The van der Waals surface area contributed by atoms with Gasteiger partial charge < -0.3 is 10.2 Å². The fraction of sp³-hybridized carbons (Fsp3) is 0.263. The van der Waals surface area contributed by atoms with Crippen LogP contribution < -0.4 is 5.32 Å². The molecule has 11 heteroatoms. The minimum Gasteiger partial charge on any atom is -0.344 e. The smallest absolute Gasteiger partial charge is 0.265 e. The maximum Gasteiger partial charge on any atom is 0.265 e. The number of nitriles is 1. The molecular weight excluding hydrogens is 470 g/mol. The third-order valence-corrected chi connectivity index (χ3v) is 5.47. The van der Waals surface area contributed by atoms with Crippen LogP contribution in [0.25, 0.3) is 5.13 Å². The number of hydrogen-bond donors (Lipinski definition) is 1. The Kier molecular flexibility index (Phi) is 6.28. The molecule has 0 saturated heterocycles. The number of nitrogens with zero attached hydrogens (tertiary/aromatic N) is 6. The van der Waals surface area contributed by atoms with Gasteiger partial charge in [-0.25, -0.2) is 9.97 Å². The Morgan fingerprint density at radius 2 is 2.07 bits per heavy atom. The van der Waals surface area contributed by atoms with Crippen LogP contribution in [0.5, 0.6) is 0 Å². The van der Waals surface area contributed by atoms with Gasteiger partial charge >= 0.3 is 0 Å². The van der Waals surface area contributed by atoms with Gasteiger partial charge in [0.2, 0.25) is 5.13 Å². The zero-order valence-electron chi connectivity index (χ0n) is 16.7. The fourth-order valence-corrected chi connectivity index (χ4v) is 4.06. The van der Waals surface area contributed by atoms with Gasteiger partial charge in [0, 0.05) is 24.1 Å². The monoisotopic (exact) mass is 487 g/mol. The number of amides is 2. The van der Waals surface area contributed by atoms with Crippen molar-refractivity contribution in [1.82, 2.24) is 30.0 Å². The lowest BCUT2D eigenvalue weighted by Gasteiger charge is -2.14. The maximum absolute atomic E-state index is 12.7. The number of halogens is 1. The van der Waals surface area contributed by atoms with Crippen LogP contribution in [0, 0.1) is 18.3 Å². The third kappa shape index (κ3) is 4.55. The molecule has 2 heterocycles. The zero-order chi connectivity index (χ0) is 22.0. The van der Waals surface area contributed by atoms with Crippen LogP contribution in [0.4, 0.5) is 0 Å². The van der Waals surface area contributed by atoms with Gasteiger partial charge in [0.25, 0.3) is 11.8 Å². The summed E-state index contributed by atoms with van der Waals surface area (Å²) in [7, 11) is 3.34. The van der Waals surface area contributed by atoms with Crippen molar-refractivity contribution in [1.29, 1.82) is 5.26 Å². The van der Waals surface area contributed by atoms with E-state index in [1.54, 1.807) is 40.1 Å². The molecular formula is C19H18BrN7O2S. The highest BCUT2D eigenvalue weighted by molar-refractivity contribution is 9.10. The van der Waals surface area contributed by atoms with Crippen LogP contribution in [-0.2, 0) is 0 Å². The Hall–Kier alpha value is -3.10. The van der Waals surface area contributed by atoms with Crippen molar-refractivity contribution >= 4 is 39.1 Å². The van der Waals surface area contributed by atoms with Gasteiger partial charge in [-0.3, -0.25) is 9.59 Å². The van der Waals surface area contributed by atoms with Crippen molar-refractivity contribution < 1.29 is 9.59 Å². The van der Waals surface area contributed by atoms with E-state index >= 15 is 0 Å². The SMILES string of the molecule is Cc1nc(C(C)NC(=O)c2cc(Br)cc(C#N)c2)n(-c2ncc(C(=O)N(C)C)s2)n1. The lowest BCUT2D eigenvalue weighted by atomic mass is 10.1. The van der Waals surface area contributed by atoms with E-state index < -0.39 is 6.04 Å². The van der Waals surface area contributed by atoms with Crippen molar-refractivity contribution in [2.45, 2.75) is 19.9 Å². The summed E-state index contributed by atoms with van der Waals surface area (Å²) in [5.41, 5.74) is 0.728. The second-order valence-corrected chi connectivity index (χ2v) is 8.60. The Labute approximate surface area is 185 Å². The highest BCUT2D eigenvalue weighted by atomic mass is 79.9. The Balaban J connectivity index is 1.87. The van der Waals surface area contributed by atoms with Crippen molar-refractivity contribution in [2.75, 3.05) is 14.1 Å². The molecule has 2 amide bonds. The highest BCUT2D eigenvalue weighted by Crippen LogP contribution is 2.22. The number of carbonyl (C=O) groups excluding carboxylic acids is 2. The van der Waals surface area contributed by atoms with Crippen molar-refractivity contribution in [3.63, 3.8) is 0 Å². The predicted molar refractivity (Wildman–Crippen MR) is 115 cm³/mol. The van der Waals surface area contributed by atoms with Crippen molar-refractivity contribution in [2.24, 2.45) is 0 Å². The molecule has 0 saturated carbocycles. The largest absolute Gasteiger partial charge is 0.344 e. The molecule has 154 valence electrons. The summed E-state index contributed by atoms with van der Waals surface area (Å²) in [5, 5.41) is 16.8. The van der Waals surface area contributed by atoms with E-state index in [0.29, 0.717) is 37.3 Å². The van der Waals surface area contributed by atoms with E-state index in [9.17, 15) is 9.59 Å². The number of hydrogen-bond acceptors (Lipinski definition) is 7. The molecule has 0 radical (unpaired) electrons. The maximum atomic E-state index is 12.7. The summed E-state index contributed by atoms with van der Waals surface area (Å²) in [5.74, 6) is 0.488. The van der Waals surface area contributed by atoms with E-state index in [2.05, 4.69) is 36.3 Å². The summed E-state index contributed by atoms with van der Waals surface area (Å²) >= 11 is 4.50. The van der Waals surface area contributed by atoms with Gasteiger partial charge in [-0.2, -0.15) is 9.94 Å². The predicted octanol–water partition coefficient (Wildman–Crippen LogP) is 2.86. The molecule has 0 bridgehead atoms. The number of carbonyl (C=O) groups is 2. The molecule has 1 N–H and O–H groups in total. The number of benzene rings is 1. The second kappa shape index (κ2) is 8.73. The summed E-state index contributed by atoms with van der Waals surface area (Å²) in [6.45, 7) is 3.52. The molecule has 1 aromatic carbocycles. The first-order valence-corrected chi connectivity index (χ1v) is 10.4. The average molecular weight is 488 g/mol. The Morgan fingerprint density at radius 3 is 2.73 bits per heavy atom. The first-order valence-electron chi connectivity index (χ1n) is 8.82. The van der Waals surface area contributed by atoms with Gasteiger partial charge in [0.15, 0.2) is 5.82 Å². The number of aromatic nitrogens is 4. The average Bonchev–Trinajstić information content (AvgIpc) is 3.33. The zero-order valence-corrected chi connectivity index (χ0v) is 19.1. The van der Waals surface area contributed by atoms with Crippen molar-refractivity contribution in [3.8, 4) is 11.2 Å². The molecule has 0 aliphatic carbocycles. The quantitative estimate of drug-likeness (QED) is 0.591. The van der Waals surface area contributed by atoms with E-state index in [1.165, 1.54) is 33.2 Å². The van der Waals surface area contributed by atoms with E-state index in [1.807, 2.05) is 6.07 Å². The summed E-state index contributed by atoms with van der Waals surface area (Å²) in [4.78, 5) is 35.5. The molecule has 0 aliphatic heterocycles. The lowest BCUT2D eigenvalue weighted by Crippen LogP contribution is -2.28. The standard InChI is InChI=1S/C19H18BrN7O2S/c1-10(23-17(28)13-5-12(8-21)6-14(20)7-13)16-24-11(2)25-27(16)19-22-9-15(30-19)18(29)26(3)4/h5-7,9-10H,1-4H3,(H,23,28). The molecule has 3 rings (SSSR count). The molecule has 1 unspecified atom stereocenters. The third-order valence-electron chi connectivity index (χ3n) is 4.05. The van der Waals surface area contributed by atoms with E-state index in [0.717, 1.165) is 0 Å². The van der Waals surface area contributed by atoms with E-state index in [-0.39, 0.29) is 11.8 Å². The number of aryl methyl sites for hydroxylation is 1. The van der Waals surface area contributed by atoms with Crippen LogP contribution in [0.15, 0.2) is 28.9 Å². The van der Waals surface area contributed by atoms with Crippen LogP contribution in [0.2, 0.25) is 0 Å². The van der Waals surface area contributed by atoms with Crippen LogP contribution in [-0.4, -0.2) is 50.6 Å². The summed E-state index contributed by atoms with van der Waals surface area (Å²) < 4.78 is 2.16. The minimum absolute atomic E-state index is 0.151. The molecule has 2 aromatic heterocycles. The first-order chi connectivity index (χ1) is 14.2. The van der Waals surface area contributed by atoms with Gasteiger partial charge in [0.1, 0.15) is 10.7 Å². The molecule has 9 nitrogen and oxygen atoms in total. The first kappa shape index (κ1) is 21.6. The number of thiazole rings is 1. The van der Waals surface area contributed by atoms with Gasteiger partial charge in [0.05, 0.1) is 23.9 Å². The van der Waals surface area contributed by atoms with E-state index in [4.69, 9.17) is 5.26 Å². The molecule has 1 atom stereocenters. The second-order valence-electron chi connectivity index (χ2n) is 6.67. The summed E-state index contributed by atoms with van der Waals surface area (Å²) in [6.07, 6.45) is 1.50. The van der Waals surface area contributed by atoms with Crippen molar-refractivity contribution in [3.05, 3.63) is 56.5 Å². The molecule has 0 aliphatic rings. The van der Waals surface area contributed by atoms with Gasteiger partial charge in [-0.15, -0.1) is 5.10 Å². The lowest BCUT2D eigenvalue weighted by molar-refractivity contribution is 0.0831. The van der Waals surface area contributed by atoms with Crippen LogP contribution in [0.3, 0.4) is 0 Å². The van der Waals surface area contributed by atoms with Gasteiger partial charge in [-0.05, 0) is 32.0 Å². The minimum atomic E-state index is -0.500. The fourth-order valence-electron chi connectivity index (χ4n) is 2.66. The van der Waals surface area contributed by atoms with Crippen LogP contribution >= 0.6 is 27.3 Å². The van der Waals surface area contributed by atoms with Gasteiger partial charge in [-0.1, -0.05) is 27.3 Å². The summed E-state index contributed by atoms with van der Waals surface area (Å²) in [6, 6.07) is 6.32. The topological polar surface area (TPSA) is 117 Å². The Morgan fingerprint density at radius 1 is 1.33 bits per heavy atom. The molecule has 0 spiro atoms. The Bertz CT molecular complexity index is 1160.